The number of carboxylic acids is 1. The van der Waals surface area contributed by atoms with Crippen LogP contribution in [-0.4, -0.2) is 37.1 Å². The summed E-state index contributed by atoms with van der Waals surface area (Å²) in [7, 11) is -3.54. The van der Waals surface area contributed by atoms with Crippen LogP contribution < -0.4 is 0 Å². The SMILES string of the molecule is COC(=O)c1cc(C(=O)O)cc(S(=O)(=O)O)c1. The van der Waals surface area contributed by atoms with Crippen LogP contribution in [-0.2, 0) is 14.9 Å². The molecule has 0 aliphatic rings. The van der Waals surface area contributed by atoms with Gasteiger partial charge in [-0.3, -0.25) is 4.55 Å². The third kappa shape index (κ3) is 3.02. The number of rotatable bonds is 3. The van der Waals surface area contributed by atoms with Crippen LogP contribution >= 0.6 is 0 Å². The first-order valence-electron chi connectivity index (χ1n) is 4.20. The minimum atomic E-state index is -4.59. The molecule has 92 valence electrons. The third-order valence-corrected chi connectivity index (χ3v) is 2.70. The summed E-state index contributed by atoms with van der Waals surface area (Å²) in [6.45, 7) is 0. The van der Waals surface area contributed by atoms with E-state index in [4.69, 9.17) is 9.66 Å². The molecule has 0 saturated carbocycles. The van der Waals surface area contributed by atoms with E-state index >= 15 is 0 Å². The number of carboxylic acid groups (broad SMARTS) is 1. The summed E-state index contributed by atoms with van der Waals surface area (Å²) in [5.74, 6) is -2.33. The molecule has 0 aliphatic carbocycles. The molecule has 0 aliphatic heterocycles. The van der Waals surface area contributed by atoms with Gasteiger partial charge in [-0.1, -0.05) is 0 Å². The first kappa shape index (κ1) is 13.1. The second kappa shape index (κ2) is 4.52. The molecule has 1 aromatic rings. The molecule has 0 amide bonds. The first-order valence-corrected chi connectivity index (χ1v) is 5.64. The lowest BCUT2D eigenvalue weighted by Crippen LogP contribution is -2.08. The molecule has 17 heavy (non-hydrogen) atoms. The van der Waals surface area contributed by atoms with Gasteiger partial charge >= 0.3 is 11.9 Å². The number of carbonyl (C=O) groups excluding carboxylic acids is 1. The van der Waals surface area contributed by atoms with Crippen LogP contribution in [0.5, 0.6) is 0 Å². The lowest BCUT2D eigenvalue weighted by atomic mass is 10.1. The Morgan fingerprint density at radius 3 is 2.12 bits per heavy atom. The van der Waals surface area contributed by atoms with Gasteiger partial charge in [0.15, 0.2) is 0 Å². The first-order chi connectivity index (χ1) is 7.75. The van der Waals surface area contributed by atoms with Gasteiger partial charge in [-0.05, 0) is 18.2 Å². The van der Waals surface area contributed by atoms with Crippen molar-refractivity contribution < 1.29 is 32.4 Å². The van der Waals surface area contributed by atoms with Crippen molar-refractivity contribution in [3.8, 4) is 0 Å². The molecule has 1 rings (SSSR count). The Morgan fingerprint density at radius 2 is 1.71 bits per heavy atom. The van der Waals surface area contributed by atoms with Gasteiger partial charge in [-0.2, -0.15) is 8.42 Å². The monoisotopic (exact) mass is 260 g/mol. The highest BCUT2D eigenvalue weighted by Crippen LogP contribution is 2.16. The molecule has 0 bridgehead atoms. The van der Waals surface area contributed by atoms with Gasteiger partial charge in [-0.25, -0.2) is 9.59 Å². The molecule has 7 nitrogen and oxygen atoms in total. The number of hydrogen-bond donors (Lipinski definition) is 2. The number of esters is 1. The summed E-state index contributed by atoms with van der Waals surface area (Å²) in [6, 6.07) is 2.51. The van der Waals surface area contributed by atoms with Gasteiger partial charge < -0.3 is 9.84 Å². The lowest BCUT2D eigenvalue weighted by Gasteiger charge is -2.04. The van der Waals surface area contributed by atoms with E-state index in [0.29, 0.717) is 0 Å². The zero-order chi connectivity index (χ0) is 13.2. The van der Waals surface area contributed by atoms with Gasteiger partial charge in [0.1, 0.15) is 0 Å². The molecule has 0 saturated heterocycles. The molecular formula is C9H8O7S. The highest BCUT2D eigenvalue weighted by atomic mass is 32.2. The number of aromatic carboxylic acids is 1. The number of ether oxygens (including phenoxy) is 1. The summed E-state index contributed by atoms with van der Waals surface area (Å²) >= 11 is 0. The largest absolute Gasteiger partial charge is 0.478 e. The van der Waals surface area contributed by atoms with E-state index in [1.54, 1.807) is 0 Å². The summed E-state index contributed by atoms with van der Waals surface area (Å²) in [4.78, 5) is 21.2. The molecule has 0 radical (unpaired) electrons. The average Bonchev–Trinajstić information content (AvgIpc) is 2.26. The average molecular weight is 260 g/mol. The Labute approximate surface area is 96.4 Å². The summed E-state index contributed by atoms with van der Waals surface area (Å²) in [5, 5.41) is 8.73. The highest BCUT2D eigenvalue weighted by molar-refractivity contribution is 7.85. The van der Waals surface area contributed by atoms with E-state index < -0.39 is 32.5 Å². The molecule has 0 heterocycles. The van der Waals surface area contributed by atoms with E-state index in [1.165, 1.54) is 0 Å². The van der Waals surface area contributed by atoms with E-state index in [0.717, 1.165) is 25.3 Å². The maximum Gasteiger partial charge on any atom is 0.337 e. The smallest absolute Gasteiger partial charge is 0.337 e. The number of carbonyl (C=O) groups is 2. The van der Waals surface area contributed by atoms with Crippen molar-refractivity contribution in [3.63, 3.8) is 0 Å². The molecule has 0 atom stereocenters. The molecule has 1 aromatic carbocycles. The van der Waals surface area contributed by atoms with Crippen molar-refractivity contribution in [2.75, 3.05) is 7.11 Å². The Hall–Kier alpha value is -1.93. The predicted octanol–water partition coefficient (Wildman–Crippen LogP) is 0.418. The van der Waals surface area contributed by atoms with Crippen molar-refractivity contribution >= 4 is 22.1 Å². The Balaban J connectivity index is 3.50. The van der Waals surface area contributed by atoms with Crippen molar-refractivity contribution in [3.05, 3.63) is 29.3 Å². The van der Waals surface area contributed by atoms with Gasteiger partial charge in [0.2, 0.25) is 0 Å². The topological polar surface area (TPSA) is 118 Å². The highest BCUT2D eigenvalue weighted by Gasteiger charge is 2.18. The fourth-order valence-corrected chi connectivity index (χ4v) is 1.66. The maximum absolute atomic E-state index is 11.2. The predicted molar refractivity (Wildman–Crippen MR) is 54.6 cm³/mol. The number of methoxy groups -OCH3 is 1. The molecule has 0 fully saturated rings. The van der Waals surface area contributed by atoms with Crippen molar-refractivity contribution in [2.24, 2.45) is 0 Å². The van der Waals surface area contributed by atoms with E-state index in [9.17, 15) is 18.0 Å². The number of benzene rings is 1. The van der Waals surface area contributed by atoms with E-state index in [2.05, 4.69) is 4.74 Å². The lowest BCUT2D eigenvalue weighted by molar-refractivity contribution is 0.0600. The van der Waals surface area contributed by atoms with Crippen LogP contribution in [0.3, 0.4) is 0 Å². The van der Waals surface area contributed by atoms with E-state index in [1.807, 2.05) is 0 Å². The zero-order valence-corrected chi connectivity index (χ0v) is 9.39. The van der Waals surface area contributed by atoms with Crippen molar-refractivity contribution in [1.29, 1.82) is 0 Å². The number of hydrogen-bond acceptors (Lipinski definition) is 5. The van der Waals surface area contributed by atoms with Crippen LogP contribution in [0.4, 0.5) is 0 Å². The Kier molecular flexibility index (Phi) is 3.49. The molecular weight excluding hydrogens is 252 g/mol. The minimum Gasteiger partial charge on any atom is -0.478 e. The normalized spacial score (nSPS) is 10.9. The van der Waals surface area contributed by atoms with Crippen LogP contribution in [0.2, 0.25) is 0 Å². The van der Waals surface area contributed by atoms with Crippen molar-refractivity contribution in [2.45, 2.75) is 4.90 Å². The quantitative estimate of drug-likeness (QED) is 0.597. The van der Waals surface area contributed by atoms with Crippen LogP contribution in [0.15, 0.2) is 23.1 Å². The Morgan fingerprint density at radius 1 is 1.18 bits per heavy atom. The Bertz CT molecular complexity index is 573. The van der Waals surface area contributed by atoms with Gasteiger partial charge in [0.25, 0.3) is 10.1 Å². The zero-order valence-electron chi connectivity index (χ0n) is 8.58. The summed E-state index contributed by atoms with van der Waals surface area (Å²) in [6.07, 6.45) is 0. The van der Waals surface area contributed by atoms with Gasteiger partial charge in [0, 0.05) is 0 Å². The molecule has 2 N–H and O–H groups in total. The van der Waals surface area contributed by atoms with Crippen LogP contribution in [0.25, 0.3) is 0 Å². The van der Waals surface area contributed by atoms with Gasteiger partial charge in [-0.15, -0.1) is 0 Å². The standard InChI is InChI=1S/C9H8O7S/c1-16-9(12)6-2-5(8(10)11)3-7(4-6)17(13,14)15/h2-4H,1H3,(H,10,11)(H,13,14,15). The molecule has 8 heteroatoms. The second-order valence-corrected chi connectivity index (χ2v) is 4.44. The fourth-order valence-electron chi connectivity index (χ4n) is 1.11. The fraction of sp³-hybridized carbons (Fsp3) is 0.111. The molecule has 0 unspecified atom stereocenters. The summed E-state index contributed by atoms with van der Waals surface area (Å²) in [5.41, 5.74) is -0.722. The second-order valence-electron chi connectivity index (χ2n) is 3.02. The van der Waals surface area contributed by atoms with Crippen LogP contribution in [0, 0.1) is 0 Å². The minimum absolute atomic E-state index is 0.278. The molecule has 0 aromatic heterocycles. The van der Waals surface area contributed by atoms with Crippen LogP contribution in [0.1, 0.15) is 20.7 Å². The van der Waals surface area contributed by atoms with Gasteiger partial charge in [0.05, 0.1) is 23.1 Å². The summed E-state index contributed by atoms with van der Waals surface area (Å²) < 4.78 is 34.9. The van der Waals surface area contributed by atoms with E-state index in [-0.39, 0.29) is 5.56 Å². The third-order valence-electron chi connectivity index (χ3n) is 1.87. The molecule has 0 spiro atoms. The maximum atomic E-state index is 11.2. The van der Waals surface area contributed by atoms with Crippen molar-refractivity contribution in [1.82, 2.24) is 0 Å².